The van der Waals surface area contributed by atoms with Gasteiger partial charge in [0.2, 0.25) is 0 Å². The molecule has 0 saturated carbocycles. The molecule has 0 unspecified atom stereocenters. The molecular weight excluding hydrogens is 323 g/mol. The molecule has 0 aliphatic carbocycles. The fourth-order valence-electron chi connectivity index (χ4n) is 2.39. The van der Waals surface area contributed by atoms with E-state index in [1.807, 2.05) is 0 Å². The van der Waals surface area contributed by atoms with Gasteiger partial charge in [-0.05, 0) is 25.0 Å². The highest BCUT2D eigenvalue weighted by Gasteiger charge is 2.17. The Bertz CT molecular complexity index is 681. The summed E-state index contributed by atoms with van der Waals surface area (Å²) in [6.07, 6.45) is 3.68. The summed E-state index contributed by atoms with van der Waals surface area (Å²) in [7, 11) is 0. The highest BCUT2D eigenvalue weighted by atomic mass is 35.5. The van der Waals surface area contributed by atoms with Gasteiger partial charge in [0.15, 0.2) is 0 Å². The van der Waals surface area contributed by atoms with Gasteiger partial charge >= 0.3 is 0 Å². The van der Waals surface area contributed by atoms with E-state index >= 15 is 0 Å². The number of rotatable bonds is 3. The van der Waals surface area contributed by atoms with Crippen molar-refractivity contribution in [3.8, 4) is 0 Å². The molecule has 22 heavy (non-hydrogen) atoms. The van der Waals surface area contributed by atoms with Crippen molar-refractivity contribution in [2.24, 2.45) is 0 Å². The summed E-state index contributed by atoms with van der Waals surface area (Å²) in [5.41, 5.74) is 0.671. The number of benzene rings is 1. The van der Waals surface area contributed by atoms with E-state index in [0.29, 0.717) is 15.7 Å². The van der Waals surface area contributed by atoms with Gasteiger partial charge in [0.05, 0.1) is 15.7 Å². The quantitative estimate of drug-likeness (QED) is 0.929. The molecule has 1 saturated heterocycles. The Morgan fingerprint density at radius 2 is 1.82 bits per heavy atom. The molecule has 0 bridgehead atoms. The van der Waals surface area contributed by atoms with Gasteiger partial charge in [-0.2, -0.15) is 0 Å². The van der Waals surface area contributed by atoms with E-state index in [1.165, 1.54) is 6.33 Å². The molecule has 1 aliphatic rings. The Morgan fingerprint density at radius 1 is 1.14 bits per heavy atom. The number of para-hydroxylation sites is 1. The van der Waals surface area contributed by atoms with Gasteiger partial charge in [-0.1, -0.05) is 29.3 Å². The second-order valence-electron chi connectivity index (χ2n) is 5.01. The van der Waals surface area contributed by atoms with Gasteiger partial charge in [0.1, 0.15) is 17.8 Å². The number of halogens is 2. The number of carbonyl (C=O) groups is 1. The average molecular weight is 337 g/mol. The highest BCUT2D eigenvalue weighted by molar-refractivity contribution is 6.40. The Labute approximate surface area is 138 Å². The number of amides is 1. The monoisotopic (exact) mass is 336 g/mol. The van der Waals surface area contributed by atoms with Crippen LogP contribution in [0.4, 0.5) is 11.5 Å². The second kappa shape index (κ2) is 6.50. The van der Waals surface area contributed by atoms with Gasteiger partial charge in [-0.25, -0.2) is 9.97 Å². The van der Waals surface area contributed by atoms with Crippen LogP contribution in [0.1, 0.15) is 23.3 Å². The molecule has 3 rings (SSSR count). The first kappa shape index (κ1) is 15.1. The van der Waals surface area contributed by atoms with Crippen molar-refractivity contribution in [2.45, 2.75) is 12.8 Å². The van der Waals surface area contributed by atoms with Crippen LogP contribution >= 0.6 is 23.2 Å². The fraction of sp³-hybridized carbons (Fsp3) is 0.267. The predicted molar refractivity (Wildman–Crippen MR) is 87.9 cm³/mol. The van der Waals surface area contributed by atoms with Crippen LogP contribution in [0.15, 0.2) is 30.6 Å². The van der Waals surface area contributed by atoms with Crippen molar-refractivity contribution in [2.75, 3.05) is 23.3 Å². The Balaban J connectivity index is 1.82. The maximum atomic E-state index is 12.3. The molecule has 1 aromatic heterocycles. The number of hydrogen-bond donors (Lipinski definition) is 1. The second-order valence-corrected chi connectivity index (χ2v) is 5.82. The third-order valence-electron chi connectivity index (χ3n) is 3.52. The van der Waals surface area contributed by atoms with E-state index in [2.05, 4.69) is 20.2 Å². The molecule has 2 heterocycles. The van der Waals surface area contributed by atoms with Crippen LogP contribution < -0.4 is 10.2 Å². The van der Waals surface area contributed by atoms with Crippen molar-refractivity contribution in [1.29, 1.82) is 0 Å². The van der Waals surface area contributed by atoms with Crippen LogP contribution in [0.5, 0.6) is 0 Å². The largest absolute Gasteiger partial charge is 0.357 e. The summed E-state index contributed by atoms with van der Waals surface area (Å²) >= 11 is 12.1. The molecular formula is C15H14Cl2N4O. The van der Waals surface area contributed by atoms with Crippen molar-refractivity contribution >= 4 is 40.6 Å². The van der Waals surface area contributed by atoms with Crippen LogP contribution in [0.3, 0.4) is 0 Å². The Kier molecular flexibility index (Phi) is 4.45. The molecule has 0 radical (unpaired) electrons. The summed E-state index contributed by atoms with van der Waals surface area (Å²) < 4.78 is 0. The Hall–Kier alpha value is -1.85. The van der Waals surface area contributed by atoms with Gasteiger partial charge < -0.3 is 10.2 Å². The number of nitrogens with zero attached hydrogens (tertiary/aromatic N) is 3. The third-order valence-corrected chi connectivity index (χ3v) is 4.15. The predicted octanol–water partition coefficient (Wildman–Crippen LogP) is 3.64. The molecule has 1 N–H and O–H groups in total. The number of aromatic nitrogens is 2. The smallest absolute Gasteiger partial charge is 0.274 e. The van der Waals surface area contributed by atoms with E-state index in [-0.39, 0.29) is 11.6 Å². The van der Waals surface area contributed by atoms with Crippen LogP contribution in [-0.2, 0) is 0 Å². The molecule has 0 atom stereocenters. The van der Waals surface area contributed by atoms with E-state index < -0.39 is 0 Å². The summed E-state index contributed by atoms with van der Waals surface area (Å²) in [4.78, 5) is 22.7. The van der Waals surface area contributed by atoms with Gasteiger partial charge in [0.25, 0.3) is 5.91 Å². The number of anilines is 2. The SMILES string of the molecule is O=C(Nc1c(Cl)cccc1Cl)c1cc(N2CCCC2)ncn1. The normalized spacial score (nSPS) is 14.2. The summed E-state index contributed by atoms with van der Waals surface area (Å²) in [5.74, 6) is 0.403. The van der Waals surface area contributed by atoms with Gasteiger partial charge in [0, 0.05) is 19.2 Å². The molecule has 1 aliphatic heterocycles. The van der Waals surface area contributed by atoms with Gasteiger partial charge in [-0.15, -0.1) is 0 Å². The van der Waals surface area contributed by atoms with Crippen LogP contribution in [0.2, 0.25) is 10.0 Å². The zero-order valence-electron chi connectivity index (χ0n) is 11.7. The van der Waals surface area contributed by atoms with Gasteiger partial charge in [-0.3, -0.25) is 4.79 Å². The minimum absolute atomic E-state index is 0.285. The molecule has 1 amide bonds. The third kappa shape index (κ3) is 3.15. The number of carbonyl (C=O) groups excluding carboxylic acids is 1. The first-order valence-electron chi connectivity index (χ1n) is 6.97. The molecule has 2 aromatic rings. The van der Waals surface area contributed by atoms with Crippen LogP contribution in [-0.4, -0.2) is 29.0 Å². The highest BCUT2D eigenvalue weighted by Crippen LogP contribution is 2.30. The zero-order valence-corrected chi connectivity index (χ0v) is 13.2. The Morgan fingerprint density at radius 3 is 2.50 bits per heavy atom. The molecule has 0 spiro atoms. The summed E-state index contributed by atoms with van der Waals surface area (Å²) in [6, 6.07) is 6.74. The number of nitrogens with one attached hydrogen (secondary N) is 1. The summed E-state index contributed by atoms with van der Waals surface area (Å²) in [6.45, 7) is 1.91. The van der Waals surface area contributed by atoms with E-state index in [9.17, 15) is 4.79 Å². The van der Waals surface area contributed by atoms with E-state index in [1.54, 1.807) is 24.3 Å². The van der Waals surface area contributed by atoms with Crippen LogP contribution in [0, 0.1) is 0 Å². The van der Waals surface area contributed by atoms with Crippen LogP contribution in [0.25, 0.3) is 0 Å². The minimum Gasteiger partial charge on any atom is -0.357 e. The molecule has 114 valence electrons. The molecule has 5 nitrogen and oxygen atoms in total. The van der Waals surface area contributed by atoms with E-state index in [0.717, 1.165) is 31.7 Å². The van der Waals surface area contributed by atoms with Crippen molar-refractivity contribution in [3.63, 3.8) is 0 Å². The summed E-state index contributed by atoms with van der Waals surface area (Å²) in [5, 5.41) is 3.47. The first-order valence-corrected chi connectivity index (χ1v) is 7.73. The molecule has 7 heteroatoms. The standard InChI is InChI=1S/C15H14Cl2N4O/c16-10-4-3-5-11(17)14(10)20-15(22)12-8-13(19-9-18-12)21-6-1-2-7-21/h3-5,8-9H,1-2,6-7H2,(H,20,22). The van der Waals surface area contributed by atoms with Crippen molar-refractivity contribution < 1.29 is 4.79 Å². The lowest BCUT2D eigenvalue weighted by Gasteiger charge is -2.16. The maximum absolute atomic E-state index is 12.3. The average Bonchev–Trinajstić information content (AvgIpc) is 3.05. The molecule has 1 aromatic carbocycles. The zero-order chi connectivity index (χ0) is 15.5. The van der Waals surface area contributed by atoms with Crippen molar-refractivity contribution in [1.82, 2.24) is 9.97 Å². The fourth-order valence-corrected chi connectivity index (χ4v) is 2.88. The first-order chi connectivity index (χ1) is 10.6. The van der Waals surface area contributed by atoms with E-state index in [4.69, 9.17) is 23.2 Å². The number of hydrogen-bond acceptors (Lipinski definition) is 4. The lowest BCUT2D eigenvalue weighted by molar-refractivity contribution is 0.102. The lowest BCUT2D eigenvalue weighted by Crippen LogP contribution is -2.21. The topological polar surface area (TPSA) is 58.1 Å². The minimum atomic E-state index is -0.363. The lowest BCUT2D eigenvalue weighted by atomic mass is 10.3. The van der Waals surface area contributed by atoms with Crippen molar-refractivity contribution in [3.05, 3.63) is 46.3 Å². The maximum Gasteiger partial charge on any atom is 0.274 e. The molecule has 1 fully saturated rings.